The van der Waals surface area contributed by atoms with Gasteiger partial charge in [0.15, 0.2) is 0 Å². The number of aromatic nitrogens is 2. The molecule has 0 saturated carbocycles. The zero-order chi connectivity index (χ0) is 9.68. The highest BCUT2D eigenvalue weighted by atomic mass is 15.0. The number of imidazole rings is 1. The number of aromatic amines is 1. The van der Waals surface area contributed by atoms with Crippen molar-refractivity contribution in [3.8, 4) is 0 Å². The van der Waals surface area contributed by atoms with Crippen LogP contribution < -0.4 is 5.32 Å². The van der Waals surface area contributed by atoms with Gasteiger partial charge in [-0.05, 0) is 25.8 Å². The lowest BCUT2D eigenvalue weighted by atomic mass is 10.1. The fourth-order valence-electron chi connectivity index (χ4n) is 1.20. The third-order valence-electron chi connectivity index (χ3n) is 2.10. The van der Waals surface area contributed by atoms with Gasteiger partial charge in [0.2, 0.25) is 0 Å². The van der Waals surface area contributed by atoms with E-state index in [0.29, 0.717) is 6.04 Å². The van der Waals surface area contributed by atoms with Crippen molar-refractivity contribution in [3.05, 3.63) is 18.2 Å². The monoisotopic (exact) mass is 181 g/mol. The number of nitrogens with one attached hydrogen (secondary N) is 2. The highest BCUT2D eigenvalue weighted by Gasteiger charge is 2.05. The Hall–Kier alpha value is -0.830. The molecular formula is C10H19N3. The van der Waals surface area contributed by atoms with Crippen LogP contribution in [-0.4, -0.2) is 16.5 Å². The van der Waals surface area contributed by atoms with Gasteiger partial charge in [-0.3, -0.25) is 0 Å². The lowest BCUT2D eigenvalue weighted by molar-refractivity contribution is 0.487. The van der Waals surface area contributed by atoms with Gasteiger partial charge in [0.1, 0.15) is 5.82 Å². The smallest absolute Gasteiger partial charge is 0.122 e. The van der Waals surface area contributed by atoms with Crippen molar-refractivity contribution in [2.45, 2.75) is 33.2 Å². The Bertz CT molecular complexity index is 216. The summed E-state index contributed by atoms with van der Waals surface area (Å²) in [6.07, 6.45) is 4.86. The maximum Gasteiger partial charge on any atom is 0.122 e. The number of H-pyrrole nitrogens is 1. The molecular weight excluding hydrogens is 162 g/mol. The molecule has 0 amide bonds. The second-order valence-corrected chi connectivity index (χ2v) is 3.83. The number of hydrogen-bond acceptors (Lipinski definition) is 2. The Labute approximate surface area is 80.0 Å². The molecule has 3 heteroatoms. The summed E-state index contributed by atoms with van der Waals surface area (Å²) in [5.41, 5.74) is 0. The van der Waals surface area contributed by atoms with Crippen molar-refractivity contribution >= 4 is 0 Å². The van der Waals surface area contributed by atoms with Gasteiger partial charge >= 0.3 is 0 Å². The van der Waals surface area contributed by atoms with Crippen LogP contribution in [0, 0.1) is 5.92 Å². The van der Waals surface area contributed by atoms with Gasteiger partial charge in [-0.15, -0.1) is 0 Å². The minimum Gasteiger partial charge on any atom is -0.347 e. The van der Waals surface area contributed by atoms with Gasteiger partial charge in [-0.1, -0.05) is 13.8 Å². The fraction of sp³-hybridized carbons (Fsp3) is 0.700. The zero-order valence-corrected chi connectivity index (χ0v) is 8.67. The van der Waals surface area contributed by atoms with Crippen LogP contribution in [0.3, 0.4) is 0 Å². The molecule has 3 nitrogen and oxygen atoms in total. The third kappa shape index (κ3) is 3.59. The quantitative estimate of drug-likeness (QED) is 0.730. The maximum absolute atomic E-state index is 4.20. The molecule has 1 aromatic heterocycles. The molecule has 0 aliphatic rings. The van der Waals surface area contributed by atoms with Crippen LogP contribution in [-0.2, 0) is 0 Å². The minimum atomic E-state index is 0.328. The van der Waals surface area contributed by atoms with Crippen molar-refractivity contribution in [2.75, 3.05) is 6.54 Å². The largest absolute Gasteiger partial charge is 0.347 e. The molecule has 0 bridgehead atoms. The normalized spacial score (nSPS) is 13.5. The molecule has 0 fully saturated rings. The van der Waals surface area contributed by atoms with E-state index in [9.17, 15) is 0 Å². The predicted octanol–water partition coefficient (Wildman–Crippen LogP) is 2.11. The molecule has 2 N–H and O–H groups in total. The Kier molecular flexibility index (Phi) is 3.96. The summed E-state index contributed by atoms with van der Waals surface area (Å²) in [5, 5.41) is 3.42. The highest BCUT2D eigenvalue weighted by molar-refractivity contribution is 4.93. The van der Waals surface area contributed by atoms with E-state index in [-0.39, 0.29) is 0 Å². The molecule has 1 aromatic rings. The van der Waals surface area contributed by atoms with Crippen LogP contribution in [0.1, 0.15) is 39.1 Å². The lowest BCUT2D eigenvalue weighted by Crippen LogP contribution is -2.21. The van der Waals surface area contributed by atoms with E-state index in [1.165, 1.54) is 6.42 Å². The molecule has 13 heavy (non-hydrogen) atoms. The van der Waals surface area contributed by atoms with Crippen LogP contribution >= 0.6 is 0 Å². The molecule has 1 heterocycles. The van der Waals surface area contributed by atoms with E-state index in [1.54, 1.807) is 6.20 Å². The molecule has 1 unspecified atom stereocenters. The summed E-state index contributed by atoms with van der Waals surface area (Å²) >= 11 is 0. The van der Waals surface area contributed by atoms with E-state index in [4.69, 9.17) is 0 Å². The van der Waals surface area contributed by atoms with Crippen LogP contribution in [0.15, 0.2) is 12.4 Å². The SMILES string of the molecule is CC(C)CCNC(C)c1ncc[nH]1. The first-order valence-corrected chi connectivity index (χ1v) is 4.93. The van der Waals surface area contributed by atoms with Crippen molar-refractivity contribution in [3.63, 3.8) is 0 Å². The van der Waals surface area contributed by atoms with Crippen molar-refractivity contribution in [1.82, 2.24) is 15.3 Å². The zero-order valence-electron chi connectivity index (χ0n) is 8.67. The molecule has 0 aromatic carbocycles. The summed E-state index contributed by atoms with van der Waals surface area (Å²) in [6, 6.07) is 0.328. The molecule has 0 saturated heterocycles. The van der Waals surface area contributed by atoms with E-state index in [1.807, 2.05) is 6.20 Å². The van der Waals surface area contributed by atoms with Crippen molar-refractivity contribution in [2.24, 2.45) is 5.92 Å². The Morgan fingerprint density at radius 1 is 1.46 bits per heavy atom. The van der Waals surface area contributed by atoms with Gasteiger partial charge < -0.3 is 10.3 Å². The third-order valence-corrected chi connectivity index (χ3v) is 2.10. The van der Waals surface area contributed by atoms with Gasteiger partial charge in [0.05, 0.1) is 6.04 Å². The first-order valence-electron chi connectivity index (χ1n) is 4.93. The molecule has 0 aliphatic carbocycles. The lowest BCUT2D eigenvalue weighted by Gasteiger charge is -2.12. The highest BCUT2D eigenvalue weighted by Crippen LogP contribution is 2.06. The van der Waals surface area contributed by atoms with Crippen LogP contribution in [0.4, 0.5) is 0 Å². The standard InChI is InChI=1S/C10H19N3/c1-8(2)4-5-11-9(3)10-12-6-7-13-10/h6-9,11H,4-5H2,1-3H3,(H,12,13). The van der Waals surface area contributed by atoms with Crippen LogP contribution in [0.2, 0.25) is 0 Å². The van der Waals surface area contributed by atoms with E-state index in [2.05, 4.69) is 36.1 Å². The van der Waals surface area contributed by atoms with E-state index < -0.39 is 0 Å². The molecule has 0 radical (unpaired) electrons. The van der Waals surface area contributed by atoms with Crippen LogP contribution in [0.5, 0.6) is 0 Å². The summed E-state index contributed by atoms with van der Waals surface area (Å²) in [7, 11) is 0. The molecule has 1 atom stereocenters. The number of hydrogen-bond donors (Lipinski definition) is 2. The second kappa shape index (κ2) is 5.02. The average molecular weight is 181 g/mol. The Morgan fingerprint density at radius 2 is 2.23 bits per heavy atom. The minimum absolute atomic E-state index is 0.328. The topological polar surface area (TPSA) is 40.7 Å². The summed E-state index contributed by atoms with van der Waals surface area (Å²) in [5.74, 6) is 1.78. The van der Waals surface area contributed by atoms with Gasteiger partial charge in [0, 0.05) is 12.4 Å². The number of nitrogens with zero attached hydrogens (tertiary/aromatic N) is 1. The first kappa shape index (κ1) is 10.3. The van der Waals surface area contributed by atoms with Gasteiger partial charge in [-0.2, -0.15) is 0 Å². The first-order chi connectivity index (χ1) is 6.20. The second-order valence-electron chi connectivity index (χ2n) is 3.83. The molecule has 0 aliphatic heterocycles. The predicted molar refractivity (Wildman–Crippen MR) is 54.5 cm³/mol. The van der Waals surface area contributed by atoms with E-state index in [0.717, 1.165) is 18.3 Å². The molecule has 74 valence electrons. The fourth-order valence-corrected chi connectivity index (χ4v) is 1.20. The maximum atomic E-state index is 4.20. The average Bonchev–Trinajstić information content (AvgIpc) is 2.55. The van der Waals surface area contributed by atoms with Crippen LogP contribution in [0.25, 0.3) is 0 Å². The summed E-state index contributed by atoms with van der Waals surface area (Å²) in [6.45, 7) is 7.65. The summed E-state index contributed by atoms with van der Waals surface area (Å²) < 4.78 is 0. The van der Waals surface area contributed by atoms with E-state index >= 15 is 0 Å². The Morgan fingerprint density at radius 3 is 2.77 bits per heavy atom. The van der Waals surface area contributed by atoms with Gasteiger partial charge in [-0.25, -0.2) is 4.98 Å². The molecule has 1 rings (SSSR count). The number of rotatable bonds is 5. The summed E-state index contributed by atoms with van der Waals surface area (Å²) in [4.78, 5) is 7.30. The van der Waals surface area contributed by atoms with Crippen molar-refractivity contribution < 1.29 is 0 Å². The van der Waals surface area contributed by atoms with Crippen molar-refractivity contribution in [1.29, 1.82) is 0 Å². The van der Waals surface area contributed by atoms with Gasteiger partial charge in [0.25, 0.3) is 0 Å². The molecule has 0 spiro atoms. The Balaban J connectivity index is 2.22.